The number of hydrogen-bond donors (Lipinski definition) is 0. The Hall–Kier alpha value is -2.70. The Bertz CT molecular complexity index is 634. The van der Waals surface area contributed by atoms with Crippen LogP contribution in [0.4, 0.5) is 5.69 Å². The number of likely N-dealkylation sites (tertiary alicyclic amines) is 1. The zero-order valence-electron chi connectivity index (χ0n) is 13.3. The number of carbonyl (C=O) groups excluding carboxylic acids is 2. The van der Waals surface area contributed by atoms with Crippen LogP contribution in [0.2, 0.25) is 0 Å². The van der Waals surface area contributed by atoms with Crippen molar-refractivity contribution in [2.75, 3.05) is 19.7 Å². The predicted octanol–water partition coefficient (Wildman–Crippen LogP) is 2.55. The first-order valence-electron chi connectivity index (χ1n) is 7.93. The monoisotopic (exact) mass is 332 g/mol. The largest absolute Gasteiger partial charge is 0.452 e. The summed E-state index contributed by atoms with van der Waals surface area (Å²) in [6, 6.07) is 5.90. The molecule has 2 rings (SSSR count). The molecule has 1 saturated heterocycles. The molecule has 1 aliphatic rings. The Morgan fingerprint density at radius 3 is 2.58 bits per heavy atom. The van der Waals surface area contributed by atoms with Crippen LogP contribution in [0.5, 0.6) is 0 Å². The van der Waals surface area contributed by atoms with Gasteiger partial charge in [-0.3, -0.25) is 14.9 Å². The van der Waals surface area contributed by atoms with Crippen molar-refractivity contribution in [1.82, 2.24) is 4.90 Å². The molecule has 128 valence electrons. The Morgan fingerprint density at radius 2 is 1.92 bits per heavy atom. The summed E-state index contributed by atoms with van der Waals surface area (Å²) >= 11 is 0. The number of amides is 1. The molecule has 0 aromatic heterocycles. The van der Waals surface area contributed by atoms with Crippen molar-refractivity contribution in [3.05, 3.63) is 46.0 Å². The summed E-state index contributed by atoms with van der Waals surface area (Å²) in [4.78, 5) is 35.6. The smallest absolute Gasteiger partial charge is 0.331 e. The summed E-state index contributed by atoms with van der Waals surface area (Å²) in [5.41, 5.74) is 0.460. The number of benzene rings is 1. The van der Waals surface area contributed by atoms with E-state index in [1.165, 1.54) is 24.3 Å². The van der Waals surface area contributed by atoms with Gasteiger partial charge in [-0.15, -0.1) is 0 Å². The number of non-ortho nitro benzene ring substituents is 1. The number of nitro groups is 1. The maximum Gasteiger partial charge on any atom is 0.331 e. The van der Waals surface area contributed by atoms with Gasteiger partial charge in [-0.2, -0.15) is 0 Å². The summed E-state index contributed by atoms with van der Waals surface area (Å²) in [5.74, 6) is -0.835. The van der Waals surface area contributed by atoms with Crippen LogP contribution in [0.3, 0.4) is 0 Å². The van der Waals surface area contributed by atoms with E-state index in [4.69, 9.17) is 4.74 Å². The first kappa shape index (κ1) is 17.7. The molecule has 1 amide bonds. The number of ether oxygens (including phenoxy) is 1. The van der Waals surface area contributed by atoms with Crippen molar-refractivity contribution in [2.24, 2.45) is 0 Å². The zero-order chi connectivity index (χ0) is 17.4. The van der Waals surface area contributed by atoms with Gasteiger partial charge in [0.25, 0.3) is 11.6 Å². The van der Waals surface area contributed by atoms with Crippen LogP contribution in [-0.2, 0) is 14.3 Å². The third-order valence-corrected chi connectivity index (χ3v) is 3.79. The van der Waals surface area contributed by atoms with Crippen molar-refractivity contribution in [1.29, 1.82) is 0 Å². The molecule has 0 spiro atoms. The average Bonchev–Trinajstić information content (AvgIpc) is 2.87. The van der Waals surface area contributed by atoms with Crippen LogP contribution in [0.1, 0.15) is 31.2 Å². The Kier molecular flexibility index (Phi) is 6.48. The summed E-state index contributed by atoms with van der Waals surface area (Å²) in [5, 5.41) is 10.7. The second-order valence-corrected chi connectivity index (χ2v) is 5.59. The highest BCUT2D eigenvalue weighted by Gasteiger charge is 2.16. The molecule has 1 heterocycles. The van der Waals surface area contributed by atoms with Crippen LogP contribution in [0.15, 0.2) is 30.3 Å². The average molecular weight is 332 g/mol. The zero-order valence-corrected chi connectivity index (χ0v) is 13.3. The molecule has 1 aromatic rings. The molecule has 7 heteroatoms. The lowest BCUT2D eigenvalue weighted by atomic mass is 10.2. The van der Waals surface area contributed by atoms with Crippen LogP contribution >= 0.6 is 0 Å². The molecule has 1 aromatic carbocycles. The Balaban J connectivity index is 1.83. The van der Waals surface area contributed by atoms with Crippen LogP contribution < -0.4 is 0 Å². The maximum absolute atomic E-state index is 12.0. The van der Waals surface area contributed by atoms with E-state index in [1.54, 1.807) is 11.0 Å². The molecule has 0 unspecified atom stereocenters. The van der Waals surface area contributed by atoms with Crippen molar-refractivity contribution >= 4 is 23.6 Å². The quantitative estimate of drug-likeness (QED) is 0.358. The molecule has 1 fully saturated rings. The third-order valence-electron chi connectivity index (χ3n) is 3.79. The van der Waals surface area contributed by atoms with E-state index in [0.717, 1.165) is 31.8 Å². The number of hydrogen-bond acceptors (Lipinski definition) is 5. The molecule has 0 saturated carbocycles. The van der Waals surface area contributed by atoms with Gasteiger partial charge in [-0.05, 0) is 24.5 Å². The fourth-order valence-electron chi connectivity index (χ4n) is 2.50. The highest BCUT2D eigenvalue weighted by Crippen LogP contribution is 2.14. The SMILES string of the molecule is O=C(/C=C/c1cccc([N+](=O)[O-])c1)OCC(=O)N1CCCCCC1. The van der Waals surface area contributed by atoms with Gasteiger partial charge in [0.15, 0.2) is 6.61 Å². The van der Waals surface area contributed by atoms with Crippen molar-refractivity contribution < 1.29 is 19.2 Å². The predicted molar refractivity (Wildman–Crippen MR) is 88.1 cm³/mol. The van der Waals surface area contributed by atoms with Crippen LogP contribution in [-0.4, -0.2) is 41.4 Å². The topological polar surface area (TPSA) is 89.7 Å². The number of carbonyl (C=O) groups is 2. The molecule has 1 aliphatic heterocycles. The number of rotatable bonds is 5. The van der Waals surface area contributed by atoms with Crippen molar-refractivity contribution in [3.8, 4) is 0 Å². The minimum Gasteiger partial charge on any atom is -0.452 e. The minimum atomic E-state index is -0.648. The summed E-state index contributed by atoms with van der Waals surface area (Å²) in [6.07, 6.45) is 6.78. The van der Waals surface area contributed by atoms with E-state index >= 15 is 0 Å². The molecule has 0 atom stereocenters. The van der Waals surface area contributed by atoms with Gasteiger partial charge >= 0.3 is 5.97 Å². The summed E-state index contributed by atoms with van der Waals surface area (Å²) in [6.45, 7) is 1.14. The lowest BCUT2D eigenvalue weighted by molar-refractivity contribution is -0.384. The van der Waals surface area contributed by atoms with E-state index in [2.05, 4.69) is 0 Å². The van der Waals surface area contributed by atoms with E-state index in [0.29, 0.717) is 18.7 Å². The van der Waals surface area contributed by atoms with E-state index in [-0.39, 0.29) is 18.2 Å². The number of nitro benzene ring substituents is 1. The molecule has 0 bridgehead atoms. The fourth-order valence-corrected chi connectivity index (χ4v) is 2.50. The first-order valence-corrected chi connectivity index (χ1v) is 7.93. The number of esters is 1. The summed E-state index contributed by atoms with van der Waals surface area (Å²) in [7, 11) is 0. The Labute approximate surface area is 140 Å². The number of nitrogens with zero attached hydrogens (tertiary/aromatic N) is 2. The second-order valence-electron chi connectivity index (χ2n) is 5.59. The molecule has 0 radical (unpaired) electrons. The first-order chi connectivity index (χ1) is 11.6. The molecule has 0 N–H and O–H groups in total. The standard InChI is InChI=1S/C17H20N2O5/c20-16(18-10-3-1-2-4-11-18)13-24-17(21)9-8-14-6-5-7-15(12-14)19(22)23/h5-9,12H,1-4,10-11,13H2/b9-8+. The lowest BCUT2D eigenvalue weighted by Gasteiger charge is -2.19. The minimum absolute atomic E-state index is 0.0538. The fraction of sp³-hybridized carbons (Fsp3) is 0.412. The van der Waals surface area contributed by atoms with Gasteiger partial charge in [0.2, 0.25) is 0 Å². The van der Waals surface area contributed by atoms with Crippen molar-refractivity contribution in [2.45, 2.75) is 25.7 Å². The molecule has 7 nitrogen and oxygen atoms in total. The molecule has 24 heavy (non-hydrogen) atoms. The van der Waals surface area contributed by atoms with Crippen LogP contribution in [0, 0.1) is 10.1 Å². The van der Waals surface area contributed by atoms with Gasteiger partial charge < -0.3 is 9.64 Å². The van der Waals surface area contributed by atoms with Gasteiger partial charge in [0, 0.05) is 31.3 Å². The highest BCUT2D eigenvalue weighted by atomic mass is 16.6. The van der Waals surface area contributed by atoms with Gasteiger partial charge in [0.05, 0.1) is 4.92 Å². The van der Waals surface area contributed by atoms with Gasteiger partial charge in [-0.1, -0.05) is 25.0 Å². The van der Waals surface area contributed by atoms with Gasteiger partial charge in [-0.25, -0.2) is 4.79 Å². The lowest BCUT2D eigenvalue weighted by Crippen LogP contribution is -2.35. The van der Waals surface area contributed by atoms with Crippen LogP contribution in [0.25, 0.3) is 6.08 Å². The molecular formula is C17H20N2O5. The van der Waals surface area contributed by atoms with E-state index in [1.807, 2.05) is 0 Å². The van der Waals surface area contributed by atoms with Gasteiger partial charge in [0.1, 0.15) is 0 Å². The molecule has 0 aliphatic carbocycles. The normalized spacial score (nSPS) is 15.1. The summed E-state index contributed by atoms with van der Waals surface area (Å²) < 4.78 is 4.95. The third kappa shape index (κ3) is 5.49. The van der Waals surface area contributed by atoms with E-state index < -0.39 is 10.9 Å². The highest BCUT2D eigenvalue weighted by molar-refractivity contribution is 5.89. The van der Waals surface area contributed by atoms with E-state index in [9.17, 15) is 19.7 Å². The maximum atomic E-state index is 12.0. The van der Waals surface area contributed by atoms with Crippen molar-refractivity contribution in [3.63, 3.8) is 0 Å². The second kappa shape index (κ2) is 8.81. The molecular weight excluding hydrogens is 312 g/mol. The Morgan fingerprint density at radius 1 is 1.21 bits per heavy atom.